The average Bonchev–Trinajstić information content (AvgIpc) is 2.87. The van der Waals surface area contributed by atoms with Crippen LogP contribution in [0.5, 0.6) is 0 Å². The maximum Gasteiger partial charge on any atom is 0.265 e. The number of primary amides is 1. The molecule has 94 valence electrons. The number of aromatic nitrogens is 1. The maximum atomic E-state index is 11.7. The predicted octanol–water partition coefficient (Wildman–Crippen LogP) is 0.226. The zero-order chi connectivity index (χ0) is 11.5. The van der Waals surface area contributed by atoms with Crippen LogP contribution >= 0.6 is 12.4 Å². The van der Waals surface area contributed by atoms with Gasteiger partial charge in [0.15, 0.2) is 0 Å². The van der Waals surface area contributed by atoms with E-state index in [1.165, 1.54) is 6.07 Å². The van der Waals surface area contributed by atoms with Crippen molar-refractivity contribution in [3.05, 3.63) is 18.0 Å². The Kier molecular flexibility index (Phi) is 4.53. The molecule has 1 fully saturated rings. The Morgan fingerprint density at radius 2 is 2.24 bits per heavy atom. The number of amides is 2. The fraction of sp³-hybridized carbons (Fsp3) is 0.400. The highest BCUT2D eigenvalue weighted by atomic mass is 35.5. The molecule has 0 saturated carbocycles. The molecule has 1 aliphatic heterocycles. The predicted molar refractivity (Wildman–Crippen MR) is 66.2 cm³/mol. The molecule has 0 spiro atoms. The SMILES string of the molecule is Cl.NC(=O)c1cc(NC(=O)C2CCCN2)c[nH]1. The van der Waals surface area contributed by atoms with Gasteiger partial charge in [0.1, 0.15) is 5.69 Å². The smallest absolute Gasteiger partial charge is 0.265 e. The largest absolute Gasteiger partial charge is 0.364 e. The highest BCUT2D eigenvalue weighted by molar-refractivity contribution is 5.97. The third kappa shape index (κ3) is 3.21. The number of halogens is 1. The third-order valence-corrected chi connectivity index (χ3v) is 2.59. The summed E-state index contributed by atoms with van der Waals surface area (Å²) in [5.41, 5.74) is 5.93. The van der Waals surface area contributed by atoms with E-state index < -0.39 is 5.91 Å². The molecule has 1 atom stereocenters. The van der Waals surface area contributed by atoms with E-state index in [1.807, 2.05) is 0 Å². The molecule has 1 unspecified atom stereocenters. The Bertz CT molecular complexity index is 412. The van der Waals surface area contributed by atoms with Crippen molar-refractivity contribution >= 4 is 29.9 Å². The molecule has 0 aliphatic carbocycles. The van der Waals surface area contributed by atoms with E-state index in [2.05, 4.69) is 15.6 Å². The number of anilines is 1. The van der Waals surface area contributed by atoms with E-state index >= 15 is 0 Å². The van der Waals surface area contributed by atoms with Crippen molar-refractivity contribution in [2.45, 2.75) is 18.9 Å². The zero-order valence-electron chi connectivity index (χ0n) is 9.16. The van der Waals surface area contributed by atoms with Crippen LogP contribution in [0.4, 0.5) is 5.69 Å². The molecule has 1 aromatic heterocycles. The second kappa shape index (κ2) is 5.70. The van der Waals surface area contributed by atoms with Gasteiger partial charge in [0.2, 0.25) is 5.91 Å². The van der Waals surface area contributed by atoms with E-state index in [0.717, 1.165) is 19.4 Å². The van der Waals surface area contributed by atoms with Gasteiger partial charge in [-0.15, -0.1) is 12.4 Å². The quantitative estimate of drug-likeness (QED) is 0.624. The van der Waals surface area contributed by atoms with E-state index in [4.69, 9.17) is 5.73 Å². The van der Waals surface area contributed by atoms with Crippen LogP contribution < -0.4 is 16.4 Å². The number of nitrogens with one attached hydrogen (secondary N) is 3. The molecule has 2 rings (SSSR count). The number of hydrogen-bond acceptors (Lipinski definition) is 3. The van der Waals surface area contributed by atoms with Crippen LogP contribution in [0.2, 0.25) is 0 Å². The summed E-state index contributed by atoms with van der Waals surface area (Å²) >= 11 is 0. The van der Waals surface area contributed by atoms with Gasteiger partial charge < -0.3 is 21.4 Å². The lowest BCUT2D eigenvalue weighted by Crippen LogP contribution is -2.35. The lowest BCUT2D eigenvalue weighted by atomic mass is 10.2. The summed E-state index contributed by atoms with van der Waals surface area (Å²) in [5.74, 6) is -0.619. The van der Waals surface area contributed by atoms with Crippen molar-refractivity contribution < 1.29 is 9.59 Å². The molecule has 2 heterocycles. The van der Waals surface area contributed by atoms with Crippen LogP contribution in [-0.4, -0.2) is 29.4 Å². The molecule has 17 heavy (non-hydrogen) atoms. The van der Waals surface area contributed by atoms with Gasteiger partial charge in [-0.25, -0.2) is 0 Å². The molecule has 0 radical (unpaired) electrons. The Morgan fingerprint density at radius 3 is 2.76 bits per heavy atom. The Labute approximate surface area is 105 Å². The molecule has 1 saturated heterocycles. The molecule has 0 bridgehead atoms. The number of hydrogen-bond donors (Lipinski definition) is 4. The summed E-state index contributed by atoms with van der Waals surface area (Å²) in [7, 11) is 0. The van der Waals surface area contributed by atoms with Crippen molar-refractivity contribution in [2.24, 2.45) is 5.73 Å². The highest BCUT2D eigenvalue weighted by Crippen LogP contribution is 2.12. The summed E-state index contributed by atoms with van der Waals surface area (Å²) in [6, 6.07) is 1.39. The second-order valence-corrected chi connectivity index (χ2v) is 3.80. The van der Waals surface area contributed by atoms with Crippen LogP contribution in [0.3, 0.4) is 0 Å². The Balaban J connectivity index is 0.00000144. The fourth-order valence-corrected chi connectivity index (χ4v) is 1.75. The van der Waals surface area contributed by atoms with Crippen LogP contribution in [0, 0.1) is 0 Å². The first-order valence-electron chi connectivity index (χ1n) is 5.19. The number of aromatic amines is 1. The first-order chi connectivity index (χ1) is 7.66. The lowest BCUT2D eigenvalue weighted by molar-refractivity contribution is -0.117. The van der Waals surface area contributed by atoms with E-state index in [0.29, 0.717) is 5.69 Å². The minimum atomic E-state index is -0.542. The summed E-state index contributed by atoms with van der Waals surface area (Å²) in [6.45, 7) is 0.873. The van der Waals surface area contributed by atoms with Gasteiger partial charge in [0.25, 0.3) is 5.91 Å². The standard InChI is InChI=1S/C10H14N4O2.ClH/c11-9(15)8-4-6(5-13-8)14-10(16)7-2-1-3-12-7;/h4-5,7,12-13H,1-3H2,(H2,11,15)(H,14,16);1H. The number of nitrogens with two attached hydrogens (primary N) is 1. The van der Waals surface area contributed by atoms with Crippen molar-refractivity contribution in [1.29, 1.82) is 0 Å². The lowest BCUT2D eigenvalue weighted by Gasteiger charge is -2.09. The van der Waals surface area contributed by atoms with Gasteiger partial charge in [-0.1, -0.05) is 0 Å². The summed E-state index contributed by atoms with van der Waals surface area (Å²) in [5, 5.41) is 5.81. The van der Waals surface area contributed by atoms with Gasteiger partial charge in [-0.3, -0.25) is 9.59 Å². The van der Waals surface area contributed by atoms with Crippen LogP contribution in [0.25, 0.3) is 0 Å². The minimum absolute atomic E-state index is 0. The van der Waals surface area contributed by atoms with Crippen LogP contribution in [0.1, 0.15) is 23.3 Å². The van der Waals surface area contributed by atoms with Crippen molar-refractivity contribution in [3.63, 3.8) is 0 Å². The minimum Gasteiger partial charge on any atom is -0.364 e. The molecule has 0 aromatic carbocycles. The first-order valence-corrected chi connectivity index (χ1v) is 5.19. The van der Waals surface area contributed by atoms with Gasteiger partial charge in [0.05, 0.1) is 11.7 Å². The topological polar surface area (TPSA) is 100 Å². The Hall–Kier alpha value is -1.53. The molecule has 1 aliphatic rings. The average molecular weight is 259 g/mol. The molecule has 5 N–H and O–H groups in total. The number of carbonyl (C=O) groups is 2. The van der Waals surface area contributed by atoms with Gasteiger partial charge in [-0.05, 0) is 25.5 Å². The number of carbonyl (C=O) groups excluding carboxylic acids is 2. The monoisotopic (exact) mass is 258 g/mol. The number of H-pyrrole nitrogens is 1. The third-order valence-electron chi connectivity index (χ3n) is 2.59. The Morgan fingerprint density at radius 1 is 1.47 bits per heavy atom. The molecule has 7 heteroatoms. The highest BCUT2D eigenvalue weighted by Gasteiger charge is 2.22. The molecular formula is C10H15ClN4O2. The zero-order valence-corrected chi connectivity index (χ0v) is 9.97. The summed E-state index contributed by atoms with van der Waals surface area (Å²) < 4.78 is 0. The van der Waals surface area contributed by atoms with Gasteiger partial charge >= 0.3 is 0 Å². The van der Waals surface area contributed by atoms with E-state index in [-0.39, 0.29) is 30.0 Å². The van der Waals surface area contributed by atoms with E-state index in [1.54, 1.807) is 6.20 Å². The van der Waals surface area contributed by atoms with E-state index in [9.17, 15) is 9.59 Å². The molecule has 1 aromatic rings. The number of rotatable bonds is 3. The second-order valence-electron chi connectivity index (χ2n) is 3.80. The summed E-state index contributed by atoms with van der Waals surface area (Å²) in [6.07, 6.45) is 3.41. The molecular weight excluding hydrogens is 244 g/mol. The van der Waals surface area contributed by atoms with Gasteiger partial charge in [0, 0.05) is 6.20 Å². The van der Waals surface area contributed by atoms with Crippen LogP contribution in [0.15, 0.2) is 12.3 Å². The normalized spacial score (nSPS) is 18.5. The molecule has 2 amide bonds. The van der Waals surface area contributed by atoms with Gasteiger partial charge in [-0.2, -0.15) is 0 Å². The van der Waals surface area contributed by atoms with Crippen molar-refractivity contribution in [3.8, 4) is 0 Å². The van der Waals surface area contributed by atoms with Crippen molar-refractivity contribution in [2.75, 3.05) is 11.9 Å². The fourth-order valence-electron chi connectivity index (χ4n) is 1.75. The molecule has 6 nitrogen and oxygen atoms in total. The maximum absolute atomic E-state index is 11.7. The summed E-state index contributed by atoms with van der Waals surface area (Å²) in [4.78, 5) is 25.2. The van der Waals surface area contributed by atoms with Crippen molar-refractivity contribution in [1.82, 2.24) is 10.3 Å². The van der Waals surface area contributed by atoms with Crippen LogP contribution in [-0.2, 0) is 4.79 Å². The first kappa shape index (κ1) is 13.5.